The molecule has 2 atom stereocenters. The molecule has 11 heavy (non-hydrogen) atoms. The quantitative estimate of drug-likeness (QED) is 0.601. The van der Waals surface area contributed by atoms with Gasteiger partial charge in [-0.05, 0) is 19.9 Å². The van der Waals surface area contributed by atoms with Crippen molar-refractivity contribution >= 4 is 0 Å². The lowest BCUT2D eigenvalue weighted by Gasteiger charge is -2.17. The lowest BCUT2D eigenvalue weighted by Crippen LogP contribution is -2.24. The summed E-state index contributed by atoms with van der Waals surface area (Å²) in [6.07, 6.45) is 3.54. The van der Waals surface area contributed by atoms with E-state index in [9.17, 15) is 0 Å². The lowest BCUT2D eigenvalue weighted by atomic mass is 10.3. The summed E-state index contributed by atoms with van der Waals surface area (Å²) in [5.74, 6) is -0.623. The van der Waals surface area contributed by atoms with Crippen molar-refractivity contribution in [2.75, 3.05) is 13.2 Å². The van der Waals surface area contributed by atoms with Crippen LogP contribution in [0.3, 0.4) is 0 Å². The van der Waals surface area contributed by atoms with Crippen LogP contribution in [-0.4, -0.2) is 30.2 Å². The van der Waals surface area contributed by atoms with Gasteiger partial charge in [-0.2, -0.15) is 0 Å². The Morgan fingerprint density at radius 1 is 1.73 bits per heavy atom. The topological polar surface area (TPSA) is 38.7 Å². The van der Waals surface area contributed by atoms with E-state index in [0.717, 1.165) is 0 Å². The summed E-state index contributed by atoms with van der Waals surface area (Å²) >= 11 is 0. The van der Waals surface area contributed by atoms with Crippen LogP contribution < -0.4 is 0 Å². The molecule has 3 heteroatoms. The normalized spacial score (nSPS) is 38.6. The van der Waals surface area contributed by atoms with Gasteiger partial charge in [0, 0.05) is 0 Å². The summed E-state index contributed by atoms with van der Waals surface area (Å²) in [5, 5.41) is 8.74. The highest BCUT2D eigenvalue weighted by Crippen LogP contribution is 2.24. The number of allylic oxidation sites excluding steroid dienone is 1. The van der Waals surface area contributed by atoms with Gasteiger partial charge in [0.2, 0.25) is 0 Å². The number of aliphatic hydroxyl groups is 1. The van der Waals surface area contributed by atoms with E-state index in [2.05, 4.69) is 0 Å². The van der Waals surface area contributed by atoms with E-state index in [1.165, 1.54) is 0 Å². The molecule has 1 fully saturated rings. The zero-order chi connectivity index (χ0) is 8.32. The molecule has 0 bridgehead atoms. The highest BCUT2D eigenvalue weighted by Gasteiger charge is 2.33. The first-order valence-corrected chi connectivity index (χ1v) is 3.76. The molecule has 1 aliphatic rings. The number of aliphatic hydroxyl groups excluding tert-OH is 1. The molecule has 0 aromatic carbocycles. The van der Waals surface area contributed by atoms with Gasteiger partial charge in [-0.15, -0.1) is 0 Å². The Kier molecular flexibility index (Phi) is 2.65. The minimum Gasteiger partial charge on any atom is -0.394 e. The first kappa shape index (κ1) is 8.71. The molecule has 0 aliphatic carbocycles. The van der Waals surface area contributed by atoms with Crippen molar-refractivity contribution in [3.05, 3.63) is 12.2 Å². The molecule has 0 aromatic rings. The van der Waals surface area contributed by atoms with Crippen molar-refractivity contribution in [1.82, 2.24) is 0 Å². The zero-order valence-corrected chi connectivity index (χ0v) is 6.91. The van der Waals surface area contributed by atoms with Gasteiger partial charge in [0.1, 0.15) is 6.10 Å². The van der Waals surface area contributed by atoms with E-state index in [1.54, 1.807) is 0 Å². The van der Waals surface area contributed by atoms with Gasteiger partial charge in [0.25, 0.3) is 0 Å². The maximum absolute atomic E-state index is 8.74. The van der Waals surface area contributed by atoms with Gasteiger partial charge in [0.15, 0.2) is 5.79 Å². The van der Waals surface area contributed by atoms with Gasteiger partial charge in [-0.25, -0.2) is 0 Å². The molecular weight excluding hydrogens is 144 g/mol. The summed E-state index contributed by atoms with van der Waals surface area (Å²) in [7, 11) is 0. The number of ether oxygens (including phenoxy) is 2. The SMILES string of the molecule is CC=CC1(C)OCC(CO)O1. The monoisotopic (exact) mass is 158 g/mol. The van der Waals surface area contributed by atoms with Crippen molar-refractivity contribution in [3.8, 4) is 0 Å². The first-order valence-electron chi connectivity index (χ1n) is 3.76. The number of hydrogen-bond acceptors (Lipinski definition) is 3. The van der Waals surface area contributed by atoms with Gasteiger partial charge >= 0.3 is 0 Å². The molecule has 1 saturated heterocycles. The van der Waals surface area contributed by atoms with Crippen LogP contribution in [0.15, 0.2) is 12.2 Å². The van der Waals surface area contributed by atoms with Crippen LogP contribution >= 0.6 is 0 Å². The molecule has 3 nitrogen and oxygen atoms in total. The van der Waals surface area contributed by atoms with Crippen molar-refractivity contribution < 1.29 is 14.6 Å². The second-order valence-electron chi connectivity index (χ2n) is 2.75. The van der Waals surface area contributed by atoms with E-state index in [-0.39, 0.29) is 12.7 Å². The fraction of sp³-hybridized carbons (Fsp3) is 0.750. The molecule has 1 heterocycles. The van der Waals surface area contributed by atoms with Crippen LogP contribution in [0.25, 0.3) is 0 Å². The third-order valence-electron chi connectivity index (χ3n) is 1.63. The third-order valence-corrected chi connectivity index (χ3v) is 1.63. The van der Waals surface area contributed by atoms with E-state index in [0.29, 0.717) is 6.61 Å². The Bertz CT molecular complexity index is 155. The minimum absolute atomic E-state index is 0.0210. The van der Waals surface area contributed by atoms with Gasteiger partial charge in [-0.1, -0.05) is 6.08 Å². The predicted molar refractivity (Wildman–Crippen MR) is 41.1 cm³/mol. The van der Waals surface area contributed by atoms with Crippen molar-refractivity contribution in [3.63, 3.8) is 0 Å². The first-order chi connectivity index (χ1) is 5.20. The highest BCUT2D eigenvalue weighted by molar-refractivity contribution is 4.94. The average Bonchev–Trinajstić information content (AvgIpc) is 2.33. The van der Waals surface area contributed by atoms with E-state index < -0.39 is 5.79 Å². The Balaban J connectivity index is 2.50. The number of rotatable bonds is 2. The summed E-state index contributed by atoms with van der Waals surface area (Å²) in [5.41, 5.74) is 0. The predicted octanol–water partition coefficient (Wildman–Crippen LogP) is 0.686. The molecule has 0 radical (unpaired) electrons. The Labute approximate surface area is 66.6 Å². The summed E-state index contributed by atoms with van der Waals surface area (Å²) in [6, 6.07) is 0. The van der Waals surface area contributed by atoms with Crippen LogP contribution in [0.5, 0.6) is 0 Å². The molecule has 1 aliphatic heterocycles. The molecule has 0 amide bonds. The maximum Gasteiger partial charge on any atom is 0.185 e. The van der Waals surface area contributed by atoms with E-state index >= 15 is 0 Å². The molecular formula is C8H14O3. The van der Waals surface area contributed by atoms with Crippen LogP contribution in [0.2, 0.25) is 0 Å². The average molecular weight is 158 g/mol. The zero-order valence-electron chi connectivity index (χ0n) is 6.91. The van der Waals surface area contributed by atoms with Crippen LogP contribution in [0.4, 0.5) is 0 Å². The summed E-state index contributed by atoms with van der Waals surface area (Å²) in [6.45, 7) is 4.23. The summed E-state index contributed by atoms with van der Waals surface area (Å²) in [4.78, 5) is 0. The lowest BCUT2D eigenvalue weighted by molar-refractivity contribution is -0.118. The van der Waals surface area contributed by atoms with Crippen LogP contribution in [0.1, 0.15) is 13.8 Å². The summed E-state index contributed by atoms with van der Waals surface area (Å²) < 4.78 is 10.7. The molecule has 1 N–H and O–H groups in total. The molecule has 1 rings (SSSR count). The number of hydrogen-bond donors (Lipinski definition) is 1. The van der Waals surface area contributed by atoms with Crippen molar-refractivity contribution in [2.24, 2.45) is 0 Å². The second kappa shape index (κ2) is 3.34. The van der Waals surface area contributed by atoms with Crippen LogP contribution in [0, 0.1) is 0 Å². The maximum atomic E-state index is 8.74. The van der Waals surface area contributed by atoms with Gasteiger partial charge in [0.05, 0.1) is 13.2 Å². The largest absolute Gasteiger partial charge is 0.394 e. The fourth-order valence-corrected chi connectivity index (χ4v) is 1.14. The Morgan fingerprint density at radius 3 is 2.91 bits per heavy atom. The van der Waals surface area contributed by atoms with Crippen molar-refractivity contribution in [1.29, 1.82) is 0 Å². The van der Waals surface area contributed by atoms with Gasteiger partial charge < -0.3 is 14.6 Å². The molecule has 0 spiro atoms. The Morgan fingerprint density at radius 2 is 2.45 bits per heavy atom. The van der Waals surface area contributed by atoms with Gasteiger partial charge in [-0.3, -0.25) is 0 Å². The third kappa shape index (κ3) is 2.02. The smallest absolute Gasteiger partial charge is 0.185 e. The van der Waals surface area contributed by atoms with Crippen LogP contribution in [-0.2, 0) is 9.47 Å². The minimum atomic E-state index is -0.623. The molecule has 64 valence electrons. The van der Waals surface area contributed by atoms with E-state index in [1.807, 2.05) is 26.0 Å². The molecule has 0 saturated carbocycles. The second-order valence-corrected chi connectivity index (χ2v) is 2.75. The molecule has 0 aromatic heterocycles. The van der Waals surface area contributed by atoms with E-state index in [4.69, 9.17) is 14.6 Å². The van der Waals surface area contributed by atoms with Crippen molar-refractivity contribution in [2.45, 2.75) is 25.7 Å². The fourth-order valence-electron chi connectivity index (χ4n) is 1.14. The standard InChI is InChI=1S/C8H14O3/c1-3-4-8(2)10-6-7(5-9)11-8/h3-4,7,9H,5-6H2,1-2H3. The molecule has 2 unspecified atom stereocenters. The highest BCUT2D eigenvalue weighted by atomic mass is 16.7. The Hall–Kier alpha value is -0.380.